The number of carboxylic acids is 1. The minimum absolute atomic E-state index is 0.00880. The van der Waals surface area contributed by atoms with Gasteiger partial charge < -0.3 is 24.7 Å². The number of carboxylic acid groups (broad SMARTS) is 1. The molecule has 9 heteroatoms. The number of nitrogens with zero attached hydrogens (tertiary/aromatic N) is 2. The molecular formula is C48H72N2O7. The zero-order valence-corrected chi connectivity index (χ0v) is 36.9. The van der Waals surface area contributed by atoms with Crippen LogP contribution in [0.4, 0.5) is 0 Å². The summed E-state index contributed by atoms with van der Waals surface area (Å²) in [6.07, 6.45) is 6.40. The van der Waals surface area contributed by atoms with Gasteiger partial charge in [0.05, 0.1) is 24.5 Å². The van der Waals surface area contributed by atoms with Crippen molar-refractivity contribution in [3.05, 3.63) is 47.0 Å². The topological polar surface area (TPSA) is 124 Å². The highest BCUT2D eigenvalue weighted by Crippen LogP contribution is 2.77. The molecule has 0 heterocycles. The van der Waals surface area contributed by atoms with Crippen LogP contribution >= 0.6 is 0 Å². The van der Waals surface area contributed by atoms with Crippen LogP contribution in [0.15, 0.2) is 41.5 Å². The number of fused-ring (bicyclic) bond motifs is 7. The quantitative estimate of drug-likeness (QED) is 0.203. The lowest BCUT2D eigenvalue weighted by atomic mass is 9.33. The molecule has 0 unspecified atom stereocenters. The van der Waals surface area contributed by atoms with E-state index < -0.39 is 28.9 Å². The molecule has 9 atom stereocenters. The lowest BCUT2D eigenvalue weighted by molar-refractivity contribution is -0.235. The van der Waals surface area contributed by atoms with Crippen LogP contribution < -0.4 is 0 Å². The fraction of sp³-hybridized carbons (Fsp3) is 0.750. The maximum Gasteiger partial charge on any atom is 0.309 e. The highest BCUT2D eigenvalue weighted by atomic mass is 16.5. The minimum Gasteiger partial charge on any atom is -0.481 e. The highest BCUT2D eigenvalue weighted by molar-refractivity contribution is 6.00. The fourth-order valence-corrected chi connectivity index (χ4v) is 13.7. The van der Waals surface area contributed by atoms with E-state index in [0.29, 0.717) is 24.8 Å². The number of carbonyl (C=O) groups is 4. The van der Waals surface area contributed by atoms with E-state index in [-0.39, 0.29) is 70.8 Å². The van der Waals surface area contributed by atoms with E-state index in [1.54, 1.807) is 18.7 Å². The second kappa shape index (κ2) is 15.2. The molecule has 5 aliphatic carbocycles. The third-order valence-electron chi connectivity index (χ3n) is 16.9. The van der Waals surface area contributed by atoms with E-state index in [4.69, 9.17) is 4.74 Å². The molecule has 0 radical (unpaired) electrons. The number of Topliss-reactive ketones (excluding diaryl/α,β-unsaturated/α-hetero) is 1. The Kier molecular flexibility index (Phi) is 11.6. The van der Waals surface area contributed by atoms with Gasteiger partial charge in [-0.3, -0.25) is 19.2 Å². The summed E-state index contributed by atoms with van der Waals surface area (Å²) in [5, 5.41) is 22.3. The number of hydrogen-bond donors (Lipinski definition) is 2. The van der Waals surface area contributed by atoms with Gasteiger partial charge in [-0.05, 0) is 130 Å². The van der Waals surface area contributed by atoms with E-state index in [1.807, 2.05) is 49.3 Å². The van der Waals surface area contributed by atoms with Gasteiger partial charge in [-0.25, -0.2) is 0 Å². The summed E-state index contributed by atoms with van der Waals surface area (Å²) in [6, 6.07) is 9.96. The van der Waals surface area contributed by atoms with Gasteiger partial charge in [-0.2, -0.15) is 0 Å². The molecule has 0 bridgehead atoms. The molecule has 0 aromatic heterocycles. The smallest absolute Gasteiger partial charge is 0.309 e. The summed E-state index contributed by atoms with van der Waals surface area (Å²) in [5.74, 6) is -0.326. The first-order valence-corrected chi connectivity index (χ1v) is 21.8. The van der Waals surface area contributed by atoms with Crippen molar-refractivity contribution in [1.82, 2.24) is 9.80 Å². The van der Waals surface area contributed by atoms with E-state index in [9.17, 15) is 29.4 Å². The van der Waals surface area contributed by atoms with E-state index in [1.165, 1.54) is 5.57 Å². The van der Waals surface area contributed by atoms with Gasteiger partial charge in [0.15, 0.2) is 5.78 Å². The van der Waals surface area contributed by atoms with E-state index in [2.05, 4.69) is 48.5 Å². The Morgan fingerprint density at radius 3 is 2.18 bits per heavy atom. The number of esters is 1. The SMILES string of the molecule is CC(C)C1=C2[C@H]3CC[C@@H]4[C@@]5(C)CC[C@@H](OC(=O)CC(C)(C)C(=O)O)C(C)(C)[C@@H]5CC[C@@]4(C)[C@]3(C)CC[C@@]2([C@@H](O)CN(Cc2ccccc2)C(=O)CN(C)C)CC1=O. The van der Waals surface area contributed by atoms with Crippen LogP contribution in [0.2, 0.25) is 0 Å². The zero-order valence-electron chi connectivity index (χ0n) is 36.9. The molecular weight excluding hydrogens is 717 g/mol. The summed E-state index contributed by atoms with van der Waals surface area (Å²) < 4.78 is 6.18. The van der Waals surface area contributed by atoms with Crippen molar-refractivity contribution < 1.29 is 34.1 Å². The number of aliphatic hydroxyl groups excluding tert-OH is 1. The number of rotatable bonds is 12. The van der Waals surface area contributed by atoms with E-state index in [0.717, 1.165) is 62.5 Å². The average Bonchev–Trinajstić information content (AvgIpc) is 3.42. The molecule has 0 saturated heterocycles. The second-order valence-corrected chi connectivity index (χ2v) is 21.6. The maximum absolute atomic E-state index is 14.3. The third kappa shape index (κ3) is 7.23. The first kappa shape index (κ1) is 43.5. The first-order valence-electron chi connectivity index (χ1n) is 21.8. The van der Waals surface area contributed by atoms with Crippen LogP contribution in [-0.4, -0.2) is 83.0 Å². The number of carbonyl (C=O) groups excluding carboxylic acids is 3. The molecule has 2 N–H and O–H groups in total. The molecule has 6 rings (SSSR count). The van der Waals surface area contributed by atoms with Gasteiger partial charge in [-0.15, -0.1) is 0 Å². The van der Waals surface area contributed by atoms with Crippen LogP contribution in [0.1, 0.15) is 132 Å². The molecule has 1 aromatic carbocycles. The predicted molar refractivity (Wildman–Crippen MR) is 222 cm³/mol. The standard InChI is InChI=1S/C48H72N2O7/c1-30(2)40-33(51)25-48(36(52)28-50(38(53)29-49(10)11)27-31-15-13-12-14-16-31)24-23-46(8)32(41(40)48)17-18-35-45(7)21-20-37(57-39(54)26-43(3,4)42(55)56)44(5,6)34(45)19-22-47(35,46)9/h12-16,30,32,34-37,52H,17-29H2,1-11H3,(H,55,56)/t32-,34+,35-,36+,37-,45+,46-,47-,48+/m1/s1. The second-order valence-electron chi connectivity index (χ2n) is 21.6. The Hall–Kier alpha value is -3.04. The lowest BCUT2D eigenvalue weighted by Gasteiger charge is -2.72. The molecule has 5 aliphatic rings. The highest BCUT2D eigenvalue weighted by Gasteiger charge is 2.71. The fourth-order valence-electron chi connectivity index (χ4n) is 13.7. The third-order valence-corrected chi connectivity index (χ3v) is 16.9. The minimum atomic E-state index is -1.18. The summed E-state index contributed by atoms with van der Waals surface area (Å²) in [4.78, 5) is 56.7. The van der Waals surface area contributed by atoms with Crippen molar-refractivity contribution in [1.29, 1.82) is 0 Å². The number of hydrogen-bond acceptors (Lipinski definition) is 7. The molecule has 4 saturated carbocycles. The zero-order chi connectivity index (χ0) is 42.1. The normalized spacial score (nSPS) is 35.2. The molecule has 316 valence electrons. The molecule has 0 aliphatic heterocycles. The van der Waals surface area contributed by atoms with E-state index >= 15 is 0 Å². The predicted octanol–water partition coefficient (Wildman–Crippen LogP) is 8.33. The van der Waals surface area contributed by atoms with Crippen LogP contribution in [0, 0.1) is 56.2 Å². The number of amides is 1. The van der Waals surface area contributed by atoms with Gasteiger partial charge in [0.2, 0.25) is 5.91 Å². The van der Waals surface area contributed by atoms with Crippen LogP contribution in [0.5, 0.6) is 0 Å². The van der Waals surface area contributed by atoms with Gasteiger partial charge in [0, 0.05) is 30.3 Å². The number of ketones is 1. The van der Waals surface area contributed by atoms with Crippen molar-refractivity contribution in [3.63, 3.8) is 0 Å². The summed E-state index contributed by atoms with van der Waals surface area (Å²) in [6.45, 7) is 20.3. The maximum atomic E-state index is 14.3. The molecule has 57 heavy (non-hydrogen) atoms. The lowest BCUT2D eigenvalue weighted by Crippen LogP contribution is -2.66. The number of ether oxygens (including phenoxy) is 1. The Bertz CT molecular complexity index is 1770. The Labute approximate surface area is 342 Å². The van der Waals surface area contributed by atoms with Crippen molar-refractivity contribution in [2.45, 2.75) is 145 Å². The Morgan fingerprint density at radius 1 is 0.895 bits per heavy atom. The van der Waals surface area contributed by atoms with Gasteiger partial charge >= 0.3 is 11.9 Å². The Balaban J connectivity index is 1.30. The van der Waals surface area contributed by atoms with Gasteiger partial charge in [0.25, 0.3) is 0 Å². The van der Waals surface area contributed by atoms with Gasteiger partial charge in [-0.1, -0.05) is 84.4 Å². The summed E-state index contributed by atoms with van der Waals surface area (Å²) in [7, 11) is 3.78. The molecule has 0 spiro atoms. The average molecular weight is 789 g/mol. The first-order chi connectivity index (χ1) is 26.4. The number of aliphatic carboxylic acids is 1. The monoisotopic (exact) mass is 789 g/mol. The summed E-state index contributed by atoms with van der Waals surface area (Å²) >= 11 is 0. The van der Waals surface area contributed by atoms with Crippen LogP contribution in [0.25, 0.3) is 0 Å². The molecule has 1 amide bonds. The van der Waals surface area contributed by atoms with Crippen molar-refractivity contribution >= 4 is 23.6 Å². The Morgan fingerprint density at radius 2 is 1.56 bits per heavy atom. The van der Waals surface area contributed by atoms with Crippen molar-refractivity contribution in [2.24, 2.45) is 56.2 Å². The van der Waals surface area contributed by atoms with Crippen molar-refractivity contribution in [2.75, 3.05) is 27.2 Å². The van der Waals surface area contributed by atoms with Crippen LogP contribution in [-0.2, 0) is 30.5 Å². The molecule has 4 fully saturated rings. The molecule has 9 nitrogen and oxygen atoms in total. The van der Waals surface area contributed by atoms with Crippen LogP contribution in [0.3, 0.4) is 0 Å². The number of allylic oxidation sites excluding steroid dienone is 1. The number of benzene rings is 1. The number of likely N-dealkylation sites (N-methyl/N-ethyl adjacent to an activating group) is 1. The van der Waals surface area contributed by atoms with Gasteiger partial charge in [0.1, 0.15) is 6.10 Å². The largest absolute Gasteiger partial charge is 0.481 e. The van der Waals surface area contributed by atoms with Crippen molar-refractivity contribution in [3.8, 4) is 0 Å². The molecule has 1 aromatic rings. The number of aliphatic hydroxyl groups is 1. The summed E-state index contributed by atoms with van der Waals surface area (Å²) in [5.41, 5.74) is 0.912.